The summed E-state index contributed by atoms with van der Waals surface area (Å²) < 4.78 is 31.6. The van der Waals surface area contributed by atoms with Crippen LogP contribution in [0.3, 0.4) is 0 Å². The predicted octanol–water partition coefficient (Wildman–Crippen LogP) is 3.52. The molecule has 1 saturated carbocycles. The van der Waals surface area contributed by atoms with Gasteiger partial charge in [-0.2, -0.15) is 0 Å². The monoisotopic (exact) mass is 372 g/mol. The van der Waals surface area contributed by atoms with Crippen LogP contribution in [-0.4, -0.2) is 24.5 Å². The number of carbonyl (C=O) groups excluding carboxylic acids is 2. The van der Waals surface area contributed by atoms with Gasteiger partial charge in [0.25, 0.3) is 0 Å². The van der Waals surface area contributed by atoms with E-state index in [2.05, 4.69) is 5.32 Å². The average Bonchev–Trinajstić information content (AvgIpc) is 3.45. The van der Waals surface area contributed by atoms with Crippen LogP contribution in [-0.2, 0) is 16.0 Å². The fourth-order valence-corrected chi connectivity index (χ4v) is 2.86. The Morgan fingerprint density at radius 3 is 2.37 bits per heavy atom. The van der Waals surface area contributed by atoms with Crippen LogP contribution in [0.15, 0.2) is 42.5 Å². The van der Waals surface area contributed by atoms with Crippen molar-refractivity contribution in [2.24, 2.45) is 5.41 Å². The third-order valence-corrected chi connectivity index (χ3v) is 4.59. The molecule has 1 fully saturated rings. The Bertz CT molecular complexity index is 906. The van der Waals surface area contributed by atoms with Crippen LogP contribution in [0, 0.1) is 22.5 Å². The maximum atomic E-state index is 13.8. The first-order valence-corrected chi connectivity index (χ1v) is 8.37. The van der Waals surface area contributed by atoms with Gasteiger partial charge in [0.05, 0.1) is 12.8 Å². The molecule has 0 aromatic heterocycles. The molecule has 0 radical (unpaired) electrons. The van der Waals surface area contributed by atoms with E-state index in [1.54, 1.807) is 6.07 Å². The van der Waals surface area contributed by atoms with Gasteiger partial charge in [0.2, 0.25) is 5.91 Å². The summed E-state index contributed by atoms with van der Waals surface area (Å²) in [6, 6.07) is 9.42. The summed E-state index contributed by atoms with van der Waals surface area (Å²) in [4.78, 5) is 25.2. The first-order valence-electron chi connectivity index (χ1n) is 8.37. The Hall–Kier alpha value is -3.09. The van der Waals surface area contributed by atoms with Gasteiger partial charge in [0.15, 0.2) is 17.3 Å². The molecule has 0 heterocycles. The number of carbonyl (C=O) groups is 2. The third kappa shape index (κ3) is 3.86. The van der Waals surface area contributed by atoms with Crippen molar-refractivity contribution in [2.75, 3.05) is 12.4 Å². The van der Waals surface area contributed by atoms with Crippen LogP contribution in [0.25, 0.3) is 0 Å². The van der Waals surface area contributed by atoms with Crippen LogP contribution in [0.4, 0.5) is 14.5 Å². The number of rotatable bonds is 7. The number of methoxy groups -OCH3 is 1. The highest BCUT2D eigenvalue weighted by Crippen LogP contribution is 2.48. The molecular formula is C20H18F2N2O3. The van der Waals surface area contributed by atoms with E-state index in [0.717, 1.165) is 0 Å². The minimum absolute atomic E-state index is 0.0777. The largest absolute Gasteiger partial charge is 0.494 e. The number of benzene rings is 2. The fourth-order valence-electron chi connectivity index (χ4n) is 2.86. The van der Waals surface area contributed by atoms with Crippen molar-refractivity contribution in [3.8, 4) is 5.75 Å². The molecule has 0 saturated heterocycles. The highest BCUT2D eigenvalue weighted by atomic mass is 19.1. The molecule has 5 nitrogen and oxygen atoms in total. The number of halogens is 2. The van der Waals surface area contributed by atoms with Crippen LogP contribution in [0.2, 0.25) is 0 Å². The molecule has 27 heavy (non-hydrogen) atoms. The van der Waals surface area contributed by atoms with Gasteiger partial charge in [-0.1, -0.05) is 6.07 Å². The second-order valence-electron chi connectivity index (χ2n) is 6.50. The van der Waals surface area contributed by atoms with E-state index in [4.69, 9.17) is 10.1 Å². The fraction of sp³-hybridized carbons (Fsp3) is 0.250. The van der Waals surface area contributed by atoms with E-state index in [-0.39, 0.29) is 17.9 Å². The molecule has 1 aliphatic carbocycles. The Morgan fingerprint density at radius 2 is 1.81 bits per heavy atom. The number of ketones is 1. The molecule has 0 unspecified atom stereocenters. The van der Waals surface area contributed by atoms with E-state index < -0.39 is 28.7 Å². The number of Topliss-reactive ketones (excluding diaryl/α,β-unsaturated/α-hetero) is 1. The lowest BCUT2D eigenvalue weighted by Crippen LogP contribution is -2.36. The third-order valence-electron chi connectivity index (χ3n) is 4.59. The van der Waals surface area contributed by atoms with Gasteiger partial charge in [-0.05, 0) is 54.8 Å². The Labute approximate surface area is 154 Å². The number of amides is 1. The summed E-state index contributed by atoms with van der Waals surface area (Å²) in [5, 5.41) is 10.7. The Kier molecular flexibility index (Phi) is 5.03. The van der Waals surface area contributed by atoms with Crippen molar-refractivity contribution in [2.45, 2.75) is 19.3 Å². The molecule has 1 amide bonds. The van der Waals surface area contributed by atoms with Gasteiger partial charge in [-0.25, -0.2) is 8.78 Å². The van der Waals surface area contributed by atoms with Gasteiger partial charge in [0, 0.05) is 12.1 Å². The lowest BCUT2D eigenvalue weighted by atomic mass is 9.92. The number of anilines is 1. The molecule has 3 rings (SSSR count). The lowest BCUT2D eigenvalue weighted by Gasteiger charge is -2.15. The van der Waals surface area contributed by atoms with E-state index in [9.17, 15) is 18.4 Å². The smallest absolute Gasteiger partial charge is 0.238 e. The SMILES string of the molecule is COc1ccc(CC(=N)C(=O)C2(C(=O)Nc3ccc(F)cc3)CC2)cc1F. The number of hydrogen-bond acceptors (Lipinski definition) is 4. The van der Waals surface area contributed by atoms with Crippen LogP contribution in [0.1, 0.15) is 18.4 Å². The molecule has 2 aromatic rings. The molecule has 0 aliphatic heterocycles. The summed E-state index contributed by atoms with van der Waals surface area (Å²) in [7, 11) is 1.35. The zero-order valence-electron chi connectivity index (χ0n) is 14.6. The molecule has 0 spiro atoms. The van der Waals surface area contributed by atoms with Crippen molar-refractivity contribution in [1.29, 1.82) is 5.41 Å². The molecule has 0 atom stereocenters. The maximum absolute atomic E-state index is 13.8. The number of hydrogen-bond donors (Lipinski definition) is 2. The topological polar surface area (TPSA) is 79.2 Å². The first-order chi connectivity index (χ1) is 12.9. The molecule has 2 aromatic carbocycles. The maximum Gasteiger partial charge on any atom is 0.238 e. The van der Waals surface area contributed by atoms with Crippen molar-refractivity contribution >= 4 is 23.1 Å². The summed E-state index contributed by atoms with van der Waals surface area (Å²) in [6.45, 7) is 0. The zero-order valence-corrected chi connectivity index (χ0v) is 14.6. The van der Waals surface area contributed by atoms with Crippen LogP contribution in [0.5, 0.6) is 5.75 Å². The van der Waals surface area contributed by atoms with Gasteiger partial charge >= 0.3 is 0 Å². The van der Waals surface area contributed by atoms with E-state index in [1.165, 1.54) is 43.5 Å². The van der Waals surface area contributed by atoms with Crippen molar-refractivity contribution in [3.63, 3.8) is 0 Å². The van der Waals surface area contributed by atoms with Gasteiger partial charge in [-0.15, -0.1) is 0 Å². The standard InChI is InChI=1S/C20H18F2N2O3/c1-27-17-7-2-12(10-15(17)22)11-16(23)18(25)20(8-9-20)19(26)24-14-5-3-13(21)4-6-14/h2-7,10,23H,8-9,11H2,1H3,(H,24,26). The van der Waals surface area contributed by atoms with Gasteiger partial charge in [-0.3, -0.25) is 9.59 Å². The molecule has 0 bridgehead atoms. The van der Waals surface area contributed by atoms with Crippen molar-refractivity contribution < 1.29 is 23.1 Å². The number of ether oxygens (including phenoxy) is 1. The zero-order chi connectivity index (χ0) is 19.6. The molecule has 2 N–H and O–H groups in total. The van der Waals surface area contributed by atoms with E-state index >= 15 is 0 Å². The van der Waals surface area contributed by atoms with E-state index in [1.807, 2.05) is 0 Å². The first kappa shape index (κ1) is 18.7. The highest BCUT2D eigenvalue weighted by Gasteiger charge is 2.57. The Morgan fingerprint density at radius 1 is 1.15 bits per heavy atom. The van der Waals surface area contributed by atoms with Crippen molar-refractivity contribution in [3.05, 3.63) is 59.7 Å². The summed E-state index contributed by atoms with van der Waals surface area (Å²) in [5.41, 5.74) is -0.701. The van der Waals surface area contributed by atoms with Gasteiger partial charge in [0.1, 0.15) is 11.2 Å². The highest BCUT2D eigenvalue weighted by molar-refractivity contribution is 6.46. The summed E-state index contributed by atoms with van der Waals surface area (Å²) in [5.74, 6) is -2.01. The number of nitrogens with one attached hydrogen (secondary N) is 2. The average molecular weight is 372 g/mol. The lowest BCUT2D eigenvalue weighted by molar-refractivity contribution is -0.129. The molecule has 1 aliphatic rings. The minimum atomic E-state index is -1.27. The summed E-state index contributed by atoms with van der Waals surface area (Å²) >= 11 is 0. The van der Waals surface area contributed by atoms with Crippen LogP contribution < -0.4 is 10.1 Å². The second-order valence-corrected chi connectivity index (χ2v) is 6.50. The van der Waals surface area contributed by atoms with Crippen molar-refractivity contribution in [1.82, 2.24) is 0 Å². The molecular weight excluding hydrogens is 354 g/mol. The summed E-state index contributed by atoms with van der Waals surface area (Å²) in [6.07, 6.45) is 0.613. The molecule has 140 valence electrons. The molecule has 7 heteroatoms. The minimum Gasteiger partial charge on any atom is -0.494 e. The van der Waals surface area contributed by atoms with E-state index in [0.29, 0.717) is 24.1 Å². The van der Waals surface area contributed by atoms with Crippen LogP contribution >= 0.6 is 0 Å². The Balaban J connectivity index is 1.68. The second kappa shape index (κ2) is 7.26. The van der Waals surface area contributed by atoms with Gasteiger partial charge < -0.3 is 15.5 Å². The normalized spacial score (nSPS) is 14.3. The quantitative estimate of drug-likeness (QED) is 0.576. The predicted molar refractivity (Wildman–Crippen MR) is 96.1 cm³/mol.